The van der Waals surface area contributed by atoms with Gasteiger partial charge in [-0.2, -0.15) is 0 Å². The van der Waals surface area contributed by atoms with Crippen LogP contribution in [0.3, 0.4) is 0 Å². The molecule has 0 spiro atoms. The minimum Gasteiger partial charge on any atom is -0.371 e. The van der Waals surface area contributed by atoms with Gasteiger partial charge in [0.2, 0.25) is 0 Å². The molecule has 0 rings (SSSR count). The molecule has 0 fully saturated rings. The SMILES string of the molecule is CCC(=O)COC(C)C. The monoisotopic (exact) mass is 130 g/mol. The first kappa shape index (κ1) is 8.63. The second-order valence-electron chi connectivity index (χ2n) is 2.25. The fourth-order valence-corrected chi connectivity index (χ4v) is 0.362. The molecule has 0 saturated heterocycles. The lowest BCUT2D eigenvalue weighted by Gasteiger charge is -2.03. The zero-order valence-electron chi connectivity index (χ0n) is 6.31. The first-order valence-corrected chi connectivity index (χ1v) is 3.30. The Hall–Kier alpha value is -0.370. The Morgan fingerprint density at radius 3 is 2.44 bits per heavy atom. The minimum atomic E-state index is 0.167. The molecule has 0 aliphatic carbocycles. The van der Waals surface area contributed by atoms with Crippen molar-refractivity contribution in [2.45, 2.75) is 33.3 Å². The van der Waals surface area contributed by atoms with E-state index in [0.717, 1.165) is 0 Å². The van der Waals surface area contributed by atoms with Gasteiger partial charge in [-0.1, -0.05) is 6.92 Å². The predicted molar refractivity (Wildman–Crippen MR) is 36.4 cm³/mol. The number of ether oxygens (including phenoxy) is 1. The van der Waals surface area contributed by atoms with Gasteiger partial charge in [0.25, 0.3) is 0 Å². The molecule has 0 atom stereocenters. The lowest BCUT2D eigenvalue weighted by atomic mass is 10.3. The second-order valence-corrected chi connectivity index (χ2v) is 2.25. The summed E-state index contributed by atoms with van der Waals surface area (Å²) in [6, 6.07) is 0. The van der Waals surface area contributed by atoms with Gasteiger partial charge in [0, 0.05) is 6.42 Å². The van der Waals surface area contributed by atoms with E-state index < -0.39 is 0 Å². The predicted octanol–water partition coefficient (Wildman–Crippen LogP) is 1.39. The van der Waals surface area contributed by atoms with Gasteiger partial charge < -0.3 is 4.74 Å². The highest BCUT2D eigenvalue weighted by Gasteiger charge is 1.98. The number of hydrogen-bond donors (Lipinski definition) is 0. The zero-order valence-corrected chi connectivity index (χ0v) is 6.31. The quantitative estimate of drug-likeness (QED) is 0.574. The maximum absolute atomic E-state index is 10.6. The Kier molecular flexibility index (Phi) is 4.32. The van der Waals surface area contributed by atoms with E-state index in [9.17, 15) is 4.79 Å². The van der Waals surface area contributed by atoms with Gasteiger partial charge in [-0.3, -0.25) is 4.79 Å². The van der Waals surface area contributed by atoms with Crippen LogP contribution in [0.15, 0.2) is 0 Å². The highest BCUT2D eigenvalue weighted by molar-refractivity contribution is 5.79. The van der Waals surface area contributed by atoms with E-state index in [2.05, 4.69) is 0 Å². The molecule has 0 radical (unpaired) electrons. The minimum absolute atomic E-state index is 0.167. The highest BCUT2D eigenvalue weighted by Crippen LogP contribution is 1.89. The fourth-order valence-electron chi connectivity index (χ4n) is 0.362. The van der Waals surface area contributed by atoms with E-state index >= 15 is 0 Å². The van der Waals surface area contributed by atoms with Crippen molar-refractivity contribution < 1.29 is 9.53 Å². The van der Waals surface area contributed by atoms with Gasteiger partial charge >= 0.3 is 0 Å². The molecule has 0 unspecified atom stereocenters. The third kappa shape index (κ3) is 5.50. The van der Waals surface area contributed by atoms with Gasteiger partial charge in [0.1, 0.15) is 6.61 Å². The van der Waals surface area contributed by atoms with Crippen molar-refractivity contribution in [3.8, 4) is 0 Å². The normalized spacial score (nSPS) is 10.2. The smallest absolute Gasteiger partial charge is 0.158 e. The second kappa shape index (κ2) is 4.50. The lowest BCUT2D eigenvalue weighted by Crippen LogP contribution is -2.11. The number of hydrogen-bond acceptors (Lipinski definition) is 2. The van der Waals surface area contributed by atoms with Gasteiger partial charge in [-0.25, -0.2) is 0 Å². The molecule has 0 aliphatic heterocycles. The molecular weight excluding hydrogens is 116 g/mol. The summed E-state index contributed by atoms with van der Waals surface area (Å²) in [5.74, 6) is 0.170. The summed E-state index contributed by atoms with van der Waals surface area (Å²) < 4.78 is 5.04. The van der Waals surface area contributed by atoms with Gasteiger partial charge in [-0.05, 0) is 13.8 Å². The van der Waals surface area contributed by atoms with Gasteiger partial charge in [-0.15, -0.1) is 0 Å². The Morgan fingerprint density at radius 2 is 2.11 bits per heavy atom. The van der Waals surface area contributed by atoms with Gasteiger partial charge in [0.15, 0.2) is 5.78 Å². The van der Waals surface area contributed by atoms with Crippen LogP contribution in [0.5, 0.6) is 0 Å². The molecule has 0 aromatic rings. The van der Waals surface area contributed by atoms with Crippen molar-refractivity contribution >= 4 is 5.78 Å². The number of carbonyl (C=O) groups is 1. The van der Waals surface area contributed by atoms with E-state index in [1.807, 2.05) is 20.8 Å². The van der Waals surface area contributed by atoms with E-state index in [0.29, 0.717) is 6.42 Å². The van der Waals surface area contributed by atoms with E-state index in [1.165, 1.54) is 0 Å². The van der Waals surface area contributed by atoms with Crippen LogP contribution in [0.4, 0.5) is 0 Å². The molecule has 54 valence electrons. The largest absolute Gasteiger partial charge is 0.371 e. The summed E-state index contributed by atoms with van der Waals surface area (Å²) in [5.41, 5.74) is 0. The molecule has 2 heteroatoms. The molecule has 2 nitrogen and oxygen atoms in total. The molecule has 0 bridgehead atoms. The van der Waals surface area contributed by atoms with Crippen molar-refractivity contribution in [2.24, 2.45) is 0 Å². The van der Waals surface area contributed by atoms with Crippen LogP contribution in [-0.4, -0.2) is 18.5 Å². The number of Topliss-reactive ketones (excluding diaryl/α,β-unsaturated/α-hetero) is 1. The summed E-state index contributed by atoms with van der Waals surface area (Å²) in [5, 5.41) is 0. The maximum atomic E-state index is 10.6. The average Bonchev–Trinajstić information content (AvgIpc) is 1.83. The molecular formula is C7H14O2. The van der Waals surface area contributed by atoms with Gasteiger partial charge in [0.05, 0.1) is 6.10 Å². The summed E-state index contributed by atoms with van der Waals surface area (Å²) >= 11 is 0. The Morgan fingerprint density at radius 1 is 1.56 bits per heavy atom. The number of carbonyl (C=O) groups excluding carboxylic acids is 1. The third-order valence-corrected chi connectivity index (χ3v) is 0.972. The Bertz CT molecular complexity index is 86.9. The molecule has 0 aromatic heterocycles. The topological polar surface area (TPSA) is 26.3 Å². The molecule has 0 aliphatic rings. The van der Waals surface area contributed by atoms with Crippen LogP contribution < -0.4 is 0 Å². The zero-order chi connectivity index (χ0) is 7.28. The Labute approximate surface area is 56.2 Å². The Balaban J connectivity index is 3.17. The van der Waals surface area contributed by atoms with E-state index in [4.69, 9.17) is 4.74 Å². The molecule has 9 heavy (non-hydrogen) atoms. The van der Waals surface area contributed by atoms with Crippen molar-refractivity contribution in [3.05, 3.63) is 0 Å². The molecule has 0 saturated carbocycles. The van der Waals surface area contributed by atoms with Crippen LogP contribution in [0.2, 0.25) is 0 Å². The summed E-state index contributed by atoms with van der Waals surface area (Å²) in [6.07, 6.45) is 0.743. The van der Waals surface area contributed by atoms with Crippen LogP contribution >= 0.6 is 0 Å². The standard InChI is InChI=1S/C7H14O2/c1-4-7(8)5-9-6(2)3/h6H,4-5H2,1-3H3. The summed E-state index contributed by atoms with van der Waals surface area (Å²) in [7, 11) is 0. The average molecular weight is 130 g/mol. The van der Waals surface area contributed by atoms with Crippen molar-refractivity contribution in [1.29, 1.82) is 0 Å². The van der Waals surface area contributed by atoms with Crippen molar-refractivity contribution in [1.82, 2.24) is 0 Å². The van der Waals surface area contributed by atoms with Crippen molar-refractivity contribution in [3.63, 3.8) is 0 Å². The summed E-state index contributed by atoms with van der Waals surface area (Å²) in [6.45, 7) is 5.95. The fraction of sp³-hybridized carbons (Fsp3) is 0.857. The van der Waals surface area contributed by atoms with E-state index in [-0.39, 0.29) is 18.5 Å². The highest BCUT2D eigenvalue weighted by atomic mass is 16.5. The lowest BCUT2D eigenvalue weighted by molar-refractivity contribution is -0.124. The van der Waals surface area contributed by atoms with Crippen LogP contribution in [0.1, 0.15) is 27.2 Å². The van der Waals surface area contributed by atoms with Crippen LogP contribution in [0, 0.1) is 0 Å². The first-order chi connectivity index (χ1) is 4.16. The van der Waals surface area contributed by atoms with Crippen LogP contribution in [0.25, 0.3) is 0 Å². The third-order valence-electron chi connectivity index (χ3n) is 0.972. The molecule has 0 amide bonds. The van der Waals surface area contributed by atoms with Crippen LogP contribution in [-0.2, 0) is 9.53 Å². The maximum Gasteiger partial charge on any atom is 0.158 e. The summed E-state index contributed by atoms with van der Waals surface area (Å²) in [4.78, 5) is 10.6. The van der Waals surface area contributed by atoms with Crippen molar-refractivity contribution in [2.75, 3.05) is 6.61 Å². The number of rotatable bonds is 4. The molecule has 0 aromatic carbocycles. The van der Waals surface area contributed by atoms with E-state index in [1.54, 1.807) is 0 Å². The first-order valence-electron chi connectivity index (χ1n) is 3.30. The molecule has 0 N–H and O–H groups in total. The number of ketones is 1. The molecule has 0 heterocycles.